The van der Waals surface area contributed by atoms with E-state index in [9.17, 15) is 0 Å². The molecule has 1 aromatic rings. The van der Waals surface area contributed by atoms with Crippen molar-refractivity contribution < 1.29 is 0 Å². The van der Waals surface area contributed by atoms with Gasteiger partial charge in [-0.15, -0.1) is 10.2 Å². The van der Waals surface area contributed by atoms with Crippen LogP contribution in [0.1, 0.15) is 39.9 Å². The van der Waals surface area contributed by atoms with Gasteiger partial charge in [-0.3, -0.25) is 4.57 Å². The van der Waals surface area contributed by atoms with Gasteiger partial charge in [-0.2, -0.15) is 0 Å². The molecule has 0 amide bonds. The third-order valence-corrected chi connectivity index (χ3v) is 2.72. The molecule has 0 aromatic carbocycles. The van der Waals surface area contributed by atoms with Crippen LogP contribution < -0.4 is 0 Å². The molecule has 0 aliphatic heterocycles. The molecule has 0 saturated carbocycles. The van der Waals surface area contributed by atoms with Crippen LogP contribution in [-0.4, -0.2) is 14.8 Å². The Morgan fingerprint density at radius 1 is 1.31 bits per heavy atom. The minimum absolute atomic E-state index is 0.00588. The third-order valence-electron chi connectivity index (χ3n) is 2.48. The van der Waals surface area contributed by atoms with Gasteiger partial charge in [0, 0.05) is 12.0 Å². The molecule has 0 aliphatic rings. The monoisotopic (exact) mass is 201 g/mol. The quantitative estimate of drug-likeness (QED) is 0.753. The van der Waals surface area contributed by atoms with Gasteiger partial charge < -0.3 is 0 Å². The van der Waals surface area contributed by atoms with Crippen molar-refractivity contribution in [2.45, 2.75) is 46.1 Å². The Morgan fingerprint density at radius 3 is 2.38 bits per heavy atom. The zero-order valence-electron chi connectivity index (χ0n) is 8.63. The van der Waals surface area contributed by atoms with E-state index in [1.54, 1.807) is 0 Å². The highest BCUT2D eigenvalue weighted by Crippen LogP contribution is 2.25. The summed E-state index contributed by atoms with van der Waals surface area (Å²) in [6.45, 7) is 8.47. The fraction of sp³-hybridized carbons (Fsp3) is 0.778. The second-order valence-corrected chi connectivity index (χ2v) is 4.08. The molecule has 0 spiro atoms. The summed E-state index contributed by atoms with van der Waals surface area (Å²) in [5.74, 6) is 0.955. The lowest BCUT2D eigenvalue weighted by Crippen LogP contribution is -2.27. The van der Waals surface area contributed by atoms with Crippen LogP contribution in [0.25, 0.3) is 0 Å². The summed E-state index contributed by atoms with van der Waals surface area (Å²) < 4.78 is 2.01. The van der Waals surface area contributed by atoms with Crippen molar-refractivity contribution in [1.82, 2.24) is 14.8 Å². The number of aryl methyl sites for hydroxylation is 1. The van der Waals surface area contributed by atoms with Crippen LogP contribution >= 0.6 is 11.6 Å². The Bertz CT molecular complexity index is 291. The molecule has 0 saturated heterocycles. The Hall–Kier alpha value is -0.570. The van der Waals surface area contributed by atoms with E-state index < -0.39 is 0 Å². The van der Waals surface area contributed by atoms with E-state index in [0.717, 1.165) is 18.7 Å². The van der Waals surface area contributed by atoms with Gasteiger partial charge in [0.15, 0.2) is 0 Å². The average molecular weight is 202 g/mol. The van der Waals surface area contributed by atoms with Crippen molar-refractivity contribution in [3.05, 3.63) is 11.1 Å². The summed E-state index contributed by atoms with van der Waals surface area (Å²) >= 11 is 5.98. The fourth-order valence-corrected chi connectivity index (χ4v) is 1.65. The molecule has 4 heteroatoms. The molecule has 1 aromatic heterocycles. The molecule has 1 rings (SSSR count). The Balaban J connectivity index is 3.18. The van der Waals surface area contributed by atoms with Crippen molar-refractivity contribution in [2.24, 2.45) is 0 Å². The maximum atomic E-state index is 5.98. The van der Waals surface area contributed by atoms with Crippen molar-refractivity contribution in [1.29, 1.82) is 0 Å². The lowest BCUT2D eigenvalue weighted by Gasteiger charge is -2.26. The first kappa shape index (κ1) is 10.5. The third kappa shape index (κ3) is 1.85. The van der Waals surface area contributed by atoms with Crippen LogP contribution in [0, 0.1) is 0 Å². The van der Waals surface area contributed by atoms with Crippen LogP contribution in [0.5, 0.6) is 0 Å². The largest absolute Gasteiger partial charge is 0.296 e. The normalized spacial score (nSPS) is 12.1. The molecule has 74 valence electrons. The summed E-state index contributed by atoms with van der Waals surface area (Å²) in [7, 11) is 0. The van der Waals surface area contributed by atoms with Gasteiger partial charge in [-0.25, -0.2) is 0 Å². The highest BCUT2D eigenvalue weighted by Gasteiger charge is 2.23. The molecule has 0 fully saturated rings. The number of nitrogens with zero attached hydrogens (tertiary/aromatic N) is 3. The van der Waals surface area contributed by atoms with Crippen molar-refractivity contribution in [3.8, 4) is 0 Å². The van der Waals surface area contributed by atoms with E-state index in [1.807, 2.05) is 4.57 Å². The minimum Gasteiger partial charge on any atom is -0.296 e. The second-order valence-electron chi connectivity index (χ2n) is 3.74. The van der Waals surface area contributed by atoms with Gasteiger partial charge in [-0.05, 0) is 31.9 Å². The molecular formula is C9H16ClN3. The van der Waals surface area contributed by atoms with Crippen LogP contribution in [-0.2, 0) is 12.0 Å². The molecular weight excluding hydrogens is 186 g/mol. The van der Waals surface area contributed by atoms with Gasteiger partial charge in [-0.1, -0.05) is 13.8 Å². The molecule has 0 unspecified atom stereocenters. The smallest absolute Gasteiger partial charge is 0.225 e. The van der Waals surface area contributed by atoms with E-state index in [1.165, 1.54) is 0 Å². The van der Waals surface area contributed by atoms with Crippen LogP contribution in [0.3, 0.4) is 0 Å². The van der Waals surface area contributed by atoms with Gasteiger partial charge in [0.05, 0.1) is 0 Å². The number of hydrogen-bond acceptors (Lipinski definition) is 2. The Morgan fingerprint density at radius 2 is 1.92 bits per heavy atom. The summed E-state index contributed by atoms with van der Waals surface area (Å²) in [6, 6.07) is 0. The van der Waals surface area contributed by atoms with Crippen LogP contribution in [0.15, 0.2) is 0 Å². The number of halogens is 1. The summed E-state index contributed by atoms with van der Waals surface area (Å²) in [5, 5.41) is 8.40. The summed E-state index contributed by atoms with van der Waals surface area (Å²) in [6.07, 6.45) is 1.88. The molecule has 1 heterocycles. The lowest BCUT2D eigenvalue weighted by molar-refractivity contribution is 0.332. The first-order valence-corrected chi connectivity index (χ1v) is 5.01. The van der Waals surface area contributed by atoms with Gasteiger partial charge in [0.1, 0.15) is 5.82 Å². The van der Waals surface area contributed by atoms with Gasteiger partial charge in [0.2, 0.25) is 5.28 Å². The van der Waals surface area contributed by atoms with Crippen molar-refractivity contribution >= 4 is 11.6 Å². The molecule has 13 heavy (non-hydrogen) atoms. The molecule has 0 bridgehead atoms. The molecule has 0 radical (unpaired) electrons. The van der Waals surface area contributed by atoms with E-state index in [0.29, 0.717) is 5.28 Å². The van der Waals surface area contributed by atoms with Crippen LogP contribution in [0.4, 0.5) is 0 Å². The number of hydrogen-bond donors (Lipinski definition) is 0. The number of rotatable bonds is 3. The lowest BCUT2D eigenvalue weighted by atomic mass is 10.0. The first-order valence-electron chi connectivity index (χ1n) is 4.63. The first-order chi connectivity index (χ1) is 6.03. The highest BCUT2D eigenvalue weighted by atomic mass is 35.5. The van der Waals surface area contributed by atoms with Crippen LogP contribution in [0.2, 0.25) is 5.28 Å². The maximum absolute atomic E-state index is 5.98. The van der Waals surface area contributed by atoms with E-state index >= 15 is 0 Å². The standard InChI is InChI=1S/C9H16ClN3/c1-5-7-11-12-8(10)13(7)9(3,4)6-2/h5-6H2,1-4H3. The summed E-state index contributed by atoms with van der Waals surface area (Å²) in [5.41, 5.74) is 0.00588. The van der Waals surface area contributed by atoms with Crippen molar-refractivity contribution in [3.63, 3.8) is 0 Å². The molecule has 0 aliphatic carbocycles. The molecule has 0 atom stereocenters. The summed E-state index contributed by atoms with van der Waals surface area (Å²) in [4.78, 5) is 0. The SMILES string of the molecule is CCc1nnc(Cl)n1C(C)(C)CC. The Labute approximate surface area is 84.1 Å². The topological polar surface area (TPSA) is 30.7 Å². The Kier molecular flexibility index (Phi) is 2.96. The second kappa shape index (κ2) is 3.66. The van der Waals surface area contributed by atoms with E-state index in [4.69, 9.17) is 11.6 Å². The molecule has 0 N–H and O–H groups in total. The molecule has 3 nitrogen and oxygen atoms in total. The van der Waals surface area contributed by atoms with E-state index in [2.05, 4.69) is 37.9 Å². The predicted molar refractivity (Wildman–Crippen MR) is 54.0 cm³/mol. The zero-order valence-corrected chi connectivity index (χ0v) is 9.39. The highest BCUT2D eigenvalue weighted by molar-refractivity contribution is 6.28. The van der Waals surface area contributed by atoms with Gasteiger partial charge >= 0.3 is 0 Å². The minimum atomic E-state index is 0.00588. The van der Waals surface area contributed by atoms with Crippen molar-refractivity contribution in [2.75, 3.05) is 0 Å². The average Bonchev–Trinajstić information content (AvgIpc) is 2.47. The predicted octanol–water partition coefficient (Wildman–Crippen LogP) is 2.64. The number of aromatic nitrogens is 3. The zero-order chi connectivity index (χ0) is 10.1. The fourth-order valence-electron chi connectivity index (χ4n) is 1.28. The maximum Gasteiger partial charge on any atom is 0.225 e. The van der Waals surface area contributed by atoms with Gasteiger partial charge in [0.25, 0.3) is 0 Å². The van der Waals surface area contributed by atoms with E-state index in [-0.39, 0.29) is 5.54 Å².